The Hall–Kier alpha value is -9.11. The van der Waals surface area contributed by atoms with Crippen LogP contribution in [0.25, 0.3) is 22.3 Å². The lowest BCUT2D eigenvalue weighted by atomic mass is 9.88. The first kappa shape index (κ1) is 78.6. The fourth-order valence-corrected chi connectivity index (χ4v) is 12.9. The first-order chi connectivity index (χ1) is 49.0. The van der Waals surface area contributed by atoms with Gasteiger partial charge in [-0.3, -0.25) is 28.8 Å². The van der Waals surface area contributed by atoms with Gasteiger partial charge in [-0.05, 0) is 107 Å². The van der Waals surface area contributed by atoms with Crippen molar-refractivity contribution in [2.75, 3.05) is 62.4 Å². The van der Waals surface area contributed by atoms with Crippen molar-refractivity contribution in [1.82, 2.24) is 31.9 Å². The highest BCUT2D eigenvalue weighted by Gasteiger charge is 2.58. The van der Waals surface area contributed by atoms with Crippen LogP contribution in [0, 0.1) is 0 Å². The maximum atomic E-state index is 13.5. The summed E-state index contributed by atoms with van der Waals surface area (Å²) in [6.45, 7) is 1.28. The number of rotatable bonds is 36. The zero-order chi connectivity index (χ0) is 73.3. The van der Waals surface area contributed by atoms with Crippen molar-refractivity contribution in [3.05, 3.63) is 192 Å². The van der Waals surface area contributed by atoms with Crippen LogP contribution < -0.4 is 31.9 Å². The minimum absolute atomic E-state index is 0.0968. The van der Waals surface area contributed by atoms with Gasteiger partial charge < -0.3 is 91.3 Å². The standard InChI is InChI=1S/C73H84N6O21S2/c1-44(80)78-59-55(82)40-72(70(92)93,99-63(59)61(85)56(83)42-76-67(89)52-24-20-48(21-25-52)46-14-6-3-7-15-46)96-34-12-36-101-38-32-74-65(87)50-28-30-51(31-29-50)66(88)75-33-39-102-37-13-35-97-73(71(94)95)41-58(98-69(91)54-18-10-5-11-19-54)60(79-45(2)81)64(100-73)62(86)57(84)43-77-68(90)53-26-22-49(23-27-53)47-16-8-4-9-17-47/h3-11,14-31,55-64,82-86H,12-13,32-43H2,1-2H3,(H,74,87)(H,75,88)(H,76,89)(H,77,90)(H,78,80)(H,79,81)(H,92,93)(H,94,95)/t55-,56+,57+,58-,59+,60+,61?,62?,63+,64+,72+,73+/m0/s1. The lowest BCUT2D eigenvalue weighted by Gasteiger charge is -2.47. The summed E-state index contributed by atoms with van der Waals surface area (Å²) in [5, 5.41) is 93.5. The summed E-state index contributed by atoms with van der Waals surface area (Å²) >= 11 is 2.82. The van der Waals surface area contributed by atoms with Gasteiger partial charge in [0.1, 0.15) is 30.5 Å². The fourth-order valence-electron chi connectivity index (χ4n) is 11.4. The van der Waals surface area contributed by atoms with Gasteiger partial charge >= 0.3 is 17.9 Å². The number of aliphatic hydroxyl groups excluding tert-OH is 5. The predicted octanol–water partition coefficient (Wildman–Crippen LogP) is 3.80. The van der Waals surface area contributed by atoms with Crippen LogP contribution in [0.1, 0.15) is 91.3 Å². The third-order valence-electron chi connectivity index (χ3n) is 16.7. The summed E-state index contributed by atoms with van der Waals surface area (Å²) in [4.78, 5) is 117. The molecule has 27 nitrogen and oxygen atoms in total. The molecule has 0 bridgehead atoms. The van der Waals surface area contributed by atoms with Gasteiger partial charge in [-0.1, -0.05) is 103 Å². The highest BCUT2D eigenvalue weighted by molar-refractivity contribution is 7.99. The average molecular weight is 1450 g/mol. The molecular weight excluding hydrogens is 1360 g/mol. The van der Waals surface area contributed by atoms with Crippen LogP contribution >= 0.6 is 23.5 Å². The number of ether oxygens (including phenoxy) is 5. The van der Waals surface area contributed by atoms with E-state index in [4.69, 9.17) is 23.7 Å². The zero-order valence-electron chi connectivity index (χ0n) is 55.9. The molecular formula is C73H84N6O21S2. The number of amides is 6. The molecule has 0 radical (unpaired) electrons. The SMILES string of the molecule is CC(=O)N[C@@H]1[C@@H](OC(=O)c2ccccc2)C[C@](OCCCSCCNC(=O)c2ccc(C(=O)NCCSCCCO[C@]3(C(=O)O)C[C@H](O)[C@@H](NC(C)=O)[C@H](C(O)[C@H](O)CNC(=O)c4ccc(-c5ccccc5)cc4)O3)cc2)(C(=O)O)O[C@H]1C(O)[C@H](O)CNC(=O)c1ccc(-c2ccccc2)cc1. The minimum atomic E-state index is -2.59. The number of aliphatic carboxylic acids is 2. The van der Waals surface area contributed by atoms with E-state index in [1.807, 2.05) is 60.7 Å². The number of hydrogen-bond donors (Lipinski definition) is 13. The maximum Gasteiger partial charge on any atom is 0.364 e. The van der Waals surface area contributed by atoms with Gasteiger partial charge in [-0.2, -0.15) is 23.5 Å². The van der Waals surface area contributed by atoms with Crippen LogP contribution in [0.2, 0.25) is 0 Å². The number of carboxylic acids is 2. The average Bonchev–Trinajstić information content (AvgIpc) is 0.771. The minimum Gasteiger partial charge on any atom is -0.477 e. The second kappa shape index (κ2) is 38.2. The predicted molar refractivity (Wildman–Crippen MR) is 376 cm³/mol. The van der Waals surface area contributed by atoms with Crippen molar-refractivity contribution >= 4 is 76.9 Å². The number of hydrogen-bond acceptors (Lipinski definition) is 21. The van der Waals surface area contributed by atoms with E-state index >= 15 is 0 Å². The summed E-state index contributed by atoms with van der Waals surface area (Å²) in [7, 11) is 0. The molecule has 0 aromatic heterocycles. The van der Waals surface area contributed by atoms with E-state index in [0.29, 0.717) is 23.0 Å². The highest BCUT2D eigenvalue weighted by Crippen LogP contribution is 2.37. The lowest BCUT2D eigenvalue weighted by Crippen LogP contribution is -2.68. The normalized spacial score (nSPS) is 21.3. The monoisotopic (exact) mass is 1440 g/mol. The number of carbonyl (C=O) groups is 9. The first-order valence-corrected chi connectivity index (χ1v) is 35.3. The van der Waals surface area contributed by atoms with E-state index < -0.39 is 152 Å². The summed E-state index contributed by atoms with van der Waals surface area (Å²) < 4.78 is 29.5. The molecule has 29 heteroatoms. The van der Waals surface area contributed by atoms with Gasteiger partial charge in [0.2, 0.25) is 11.8 Å². The third-order valence-corrected chi connectivity index (χ3v) is 18.8. The molecule has 102 heavy (non-hydrogen) atoms. The number of benzene rings is 6. The summed E-state index contributed by atoms with van der Waals surface area (Å²) in [5.41, 5.74) is 4.77. The highest BCUT2D eigenvalue weighted by atomic mass is 32.2. The second-order valence-electron chi connectivity index (χ2n) is 24.2. The molecule has 544 valence electrons. The Morgan fingerprint density at radius 1 is 0.461 bits per heavy atom. The summed E-state index contributed by atoms with van der Waals surface area (Å²) in [6, 6.07) is 43.3. The van der Waals surface area contributed by atoms with Crippen LogP contribution in [0.3, 0.4) is 0 Å². The molecule has 8 rings (SSSR count). The fraction of sp³-hybridized carbons (Fsp3) is 0.384. The van der Waals surface area contributed by atoms with Crippen molar-refractivity contribution in [3.8, 4) is 22.3 Å². The molecule has 2 saturated heterocycles. The molecule has 2 aliphatic rings. The number of thioether (sulfide) groups is 2. The van der Waals surface area contributed by atoms with Crippen molar-refractivity contribution in [1.29, 1.82) is 0 Å². The topological polar surface area (TPSA) is 414 Å². The van der Waals surface area contributed by atoms with Crippen molar-refractivity contribution in [3.63, 3.8) is 0 Å². The molecule has 6 aromatic carbocycles. The number of esters is 1. The van der Waals surface area contributed by atoms with Gasteiger partial charge in [0, 0.05) is 80.2 Å². The molecule has 2 unspecified atom stereocenters. The van der Waals surface area contributed by atoms with Crippen LogP contribution in [0.15, 0.2) is 164 Å². The molecule has 12 atom stereocenters. The molecule has 2 heterocycles. The third kappa shape index (κ3) is 22.0. The maximum absolute atomic E-state index is 13.5. The number of carbonyl (C=O) groups excluding carboxylic acids is 7. The zero-order valence-corrected chi connectivity index (χ0v) is 57.6. The van der Waals surface area contributed by atoms with Crippen molar-refractivity contribution in [2.45, 2.75) is 112 Å². The lowest BCUT2D eigenvalue weighted by molar-refractivity contribution is -0.310. The Bertz CT molecular complexity index is 3780. The molecule has 0 spiro atoms. The quantitative estimate of drug-likeness (QED) is 0.0196. The van der Waals surface area contributed by atoms with Gasteiger partial charge in [0.15, 0.2) is 0 Å². The first-order valence-electron chi connectivity index (χ1n) is 33.0. The van der Waals surface area contributed by atoms with E-state index in [2.05, 4.69) is 31.9 Å². The number of nitrogens with one attached hydrogen (secondary N) is 6. The van der Waals surface area contributed by atoms with E-state index in [0.717, 1.165) is 36.1 Å². The molecule has 0 aliphatic carbocycles. The van der Waals surface area contributed by atoms with Gasteiger partial charge in [-0.25, -0.2) is 14.4 Å². The number of carboxylic acid groups (broad SMARTS) is 2. The van der Waals surface area contributed by atoms with Gasteiger partial charge in [0.25, 0.3) is 35.2 Å². The van der Waals surface area contributed by atoms with E-state index in [1.165, 1.54) is 59.9 Å². The Morgan fingerprint density at radius 2 is 0.814 bits per heavy atom. The summed E-state index contributed by atoms with van der Waals surface area (Å²) in [6.07, 6.45) is -14.9. The molecule has 6 amide bonds. The Morgan fingerprint density at radius 3 is 1.22 bits per heavy atom. The van der Waals surface area contributed by atoms with E-state index in [9.17, 15) is 78.9 Å². The van der Waals surface area contributed by atoms with Crippen molar-refractivity contribution < 1.29 is 103 Å². The van der Waals surface area contributed by atoms with Crippen molar-refractivity contribution in [2.24, 2.45) is 0 Å². The molecule has 13 N–H and O–H groups in total. The second-order valence-corrected chi connectivity index (χ2v) is 26.6. The van der Waals surface area contributed by atoms with Gasteiger partial charge in [0.05, 0.1) is 55.6 Å². The van der Waals surface area contributed by atoms with E-state index in [-0.39, 0.29) is 67.0 Å². The Labute approximate surface area is 596 Å². The Balaban J connectivity index is 0.742. The largest absolute Gasteiger partial charge is 0.477 e. The molecule has 0 saturated carbocycles. The number of aliphatic hydroxyl groups is 5. The molecule has 6 aromatic rings. The Kier molecular flexibility index (Phi) is 29.5. The summed E-state index contributed by atoms with van der Waals surface area (Å²) in [5.74, 6) is -10.8. The van der Waals surface area contributed by atoms with E-state index in [1.54, 1.807) is 66.7 Å². The molecule has 2 aliphatic heterocycles. The smallest absolute Gasteiger partial charge is 0.364 e. The van der Waals surface area contributed by atoms with Crippen LogP contribution in [0.4, 0.5) is 0 Å². The van der Waals surface area contributed by atoms with Crippen LogP contribution in [-0.4, -0.2) is 224 Å². The van der Waals surface area contributed by atoms with Crippen LogP contribution in [-0.2, 0) is 42.9 Å². The molecule has 2 fully saturated rings. The van der Waals surface area contributed by atoms with Crippen LogP contribution in [0.5, 0.6) is 0 Å². The van der Waals surface area contributed by atoms with Gasteiger partial charge in [-0.15, -0.1) is 0 Å².